The molecule has 1 N–H and O–H groups in total. The SMILES string of the molecule is CCC(C)NC(=O)C(Cc1ccccc1)N(Cc1ccccc1Cl)C(=O)CN(c1cccc(Cl)c1)S(=O)(=O)c1ccc(C)cc1. The van der Waals surface area contributed by atoms with Crippen LogP contribution in [0.5, 0.6) is 0 Å². The number of sulfonamides is 1. The van der Waals surface area contributed by atoms with Gasteiger partial charge in [0.15, 0.2) is 0 Å². The van der Waals surface area contributed by atoms with E-state index in [1.165, 1.54) is 23.1 Å². The predicted octanol–water partition coefficient (Wildman–Crippen LogP) is 7.05. The lowest BCUT2D eigenvalue weighted by molar-refractivity contribution is -0.140. The summed E-state index contributed by atoms with van der Waals surface area (Å²) in [5.74, 6) is -0.921. The molecule has 2 amide bonds. The van der Waals surface area contributed by atoms with Crippen molar-refractivity contribution in [2.45, 2.75) is 57.1 Å². The Labute approximate surface area is 275 Å². The second-order valence-corrected chi connectivity index (χ2v) is 13.6. The molecule has 0 heterocycles. The number of aryl methyl sites for hydroxylation is 1. The number of carbonyl (C=O) groups is 2. The maximum absolute atomic E-state index is 14.5. The lowest BCUT2D eigenvalue weighted by Crippen LogP contribution is -2.54. The van der Waals surface area contributed by atoms with Crippen molar-refractivity contribution in [3.05, 3.63) is 130 Å². The van der Waals surface area contributed by atoms with Crippen molar-refractivity contribution in [3.8, 4) is 0 Å². The highest BCUT2D eigenvalue weighted by atomic mass is 35.5. The van der Waals surface area contributed by atoms with Crippen molar-refractivity contribution in [2.24, 2.45) is 0 Å². The summed E-state index contributed by atoms with van der Waals surface area (Å²) in [6.07, 6.45) is 0.904. The average molecular weight is 667 g/mol. The number of hydrogen-bond donors (Lipinski definition) is 1. The largest absolute Gasteiger partial charge is 0.352 e. The topological polar surface area (TPSA) is 86.8 Å². The fourth-order valence-corrected chi connectivity index (χ4v) is 6.59. The number of carbonyl (C=O) groups excluding carboxylic acids is 2. The summed E-state index contributed by atoms with van der Waals surface area (Å²) in [4.78, 5) is 29.9. The van der Waals surface area contributed by atoms with Crippen molar-refractivity contribution in [3.63, 3.8) is 0 Å². The Morgan fingerprint density at radius 3 is 2.18 bits per heavy atom. The molecule has 0 saturated carbocycles. The Balaban J connectivity index is 1.82. The third-order valence-electron chi connectivity index (χ3n) is 7.55. The fraction of sp³-hybridized carbons (Fsp3) is 0.257. The number of benzene rings is 4. The van der Waals surface area contributed by atoms with Gasteiger partial charge in [-0.1, -0.05) is 102 Å². The molecule has 0 fully saturated rings. The van der Waals surface area contributed by atoms with Gasteiger partial charge in [-0.2, -0.15) is 0 Å². The molecule has 0 aliphatic rings. The van der Waals surface area contributed by atoms with Gasteiger partial charge in [0.2, 0.25) is 11.8 Å². The van der Waals surface area contributed by atoms with Crippen LogP contribution in [0, 0.1) is 6.92 Å². The third-order valence-corrected chi connectivity index (χ3v) is 9.95. The van der Waals surface area contributed by atoms with Crippen LogP contribution in [0.15, 0.2) is 108 Å². The van der Waals surface area contributed by atoms with Crippen LogP contribution in [0.1, 0.15) is 37.0 Å². The zero-order chi connectivity index (χ0) is 32.6. The molecular weight excluding hydrogens is 629 g/mol. The molecular formula is C35H37Cl2N3O4S. The van der Waals surface area contributed by atoms with E-state index in [4.69, 9.17) is 23.2 Å². The lowest BCUT2D eigenvalue weighted by atomic mass is 10.0. The summed E-state index contributed by atoms with van der Waals surface area (Å²) in [5, 5.41) is 3.76. The minimum atomic E-state index is -4.22. The summed E-state index contributed by atoms with van der Waals surface area (Å²) >= 11 is 12.8. The molecule has 2 unspecified atom stereocenters. The lowest BCUT2D eigenvalue weighted by Gasteiger charge is -2.34. The van der Waals surface area contributed by atoms with Crippen molar-refractivity contribution < 1.29 is 18.0 Å². The third kappa shape index (κ3) is 8.87. The molecule has 236 valence electrons. The smallest absolute Gasteiger partial charge is 0.264 e. The summed E-state index contributed by atoms with van der Waals surface area (Å²) in [6.45, 7) is 5.12. The van der Waals surface area contributed by atoms with E-state index in [0.29, 0.717) is 22.0 Å². The first-order chi connectivity index (χ1) is 21.5. The maximum Gasteiger partial charge on any atom is 0.264 e. The molecule has 0 radical (unpaired) electrons. The number of nitrogens with one attached hydrogen (secondary N) is 1. The zero-order valence-electron chi connectivity index (χ0n) is 25.5. The number of amides is 2. The first kappa shape index (κ1) is 34.0. The van der Waals surface area contributed by atoms with Crippen molar-refractivity contribution in [1.82, 2.24) is 10.2 Å². The minimum Gasteiger partial charge on any atom is -0.352 e. The van der Waals surface area contributed by atoms with Crippen LogP contribution in [0.3, 0.4) is 0 Å². The number of nitrogens with zero attached hydrogens (tertiary/aromatic N) is 2. The van der Waals surface area contributed by atoms with Crippen LogP contribution in [-0.4, -0.2) is 43.8 Å². The van der Waals surface area contributed by atoms with Gasteiger partial charge in [0, 0.05) is 29.1 Å². The number of halogens is 2. The highest BCUT2D eigenvalue weighted by Crippen LogP contribution is 2.28. The van der Waals surface area contributed by atoms with E-state index in [1.54, 1.807) is 54.6 Å². The van der Waals surface area contributed by atoms with Gasteiger partial charge in [0.25, 0.3) is 10.0 Å². The van der Waals surface area contributed by atoms with Crippen LogP contribution in [-0.2, 0) is 32.6 Å². The monoisotopic (exact) mass is 665 g/mol. The number of rotatable bonds is 13. The summed E-state index contributed by atoms with van der Waals surface area (Å²) < 4.78 is 29.3. The van der Waals surface area contributed by atoms with Crippen molar-refractivity contribution in [2.75, 3.05) is 10.8 Å². The maximum atomic E-state index is 14.5. The molecule has 45 heavy (non-hydrogen) atoms. The Bertz CT molecular complexity index is 1720. The molecule has 0 saturated heterocycles. The van der Waals surface area contributed by atoms with E-state index in [-0.39, 0.29) is 35.5 Å². The molecule has 10 heteroatoms. The molecule has 4 aromatic carbocycles. The second kappa shape index (κ2) is 15.4. The average Bonchev–Trinajstić information content (AvgIpc) is 3.02. The Morgan fingerprint density at radius 1 is 0.867 bits per heavy atom. The molecule has 2 atom stereocenters. The van der Waals surface area contributed by atoms with Crippen LogP contribution < -0.4 is 9.62 Å². The first-order valence-corrected chi connectivity index (χ1v) is 16.9. The fourth-order valence-electron chi connectivity index (χ4n) is 4.80. The molecule has 7 nitrogen and oxygen atoms in total. The van der Waals surface area contributed by atoms with Gasteiger partial charge in [-0.25, -0.2) is 8.42 Å². The molecule has 4 aromatic rings. The standard InChI is InChI=1S/C35H37Cl2N3O4S/c1-4-26(3)38-35(42)33(21-27-11-6-5-7-12-27)39(23-28-13-8-9-16-32(28)37)34(41)24-40(30-15-10-14-29(36)22-30)45(43,44)31-19-17-25(2)18-20-31/h5-20,22,26,33H,4,21,23-24H2,1-3H3,(H,38,42). The van der Waals surface area contributed by atoms with Gasteiger partial charge in [-0.15, -0.1) is 0 Å². The van der Waals surface area contributed by atoms with Crippen molar-refractivity contribution >= 4 is 50.7 Å². The molecule has 0 bridgehead atoms. The van der Waals surface area contributed by atoms with Crippen LogP contribution in [0.4, 0.5) is 5.69 Å². The number of hydrogen-bond acceptors (Lipinski definition) is 4. The van der Waals surface area contributed by atoms with Crippen LogP contribution >= 0.6 is 23.2 Å². The summed E-state index contributed by atoms with van der Waals surface area (Å²) in [6, 6.07) is 28.1. The molecule has 0 aliphatic heterocycles. The Hall–Kier alpha value is -3.85. The van der Waals surface area contributed by atoms with E-state index >= 15 is 0 Å². The van der Waals surface area contributed by atoms with Gasteiger partial charge in [0.05, 0.1) is 10.6 Å². The molecule has 0 aromatic heterocycles. The van der Waals surface area contributed by atoms with Crippen LogP contribution in [0.2, 0.25) is 10.0 Å². The summed E-state index contributed by atoms with van der Waals surface area (Å²) in [7, 11) is -4.22. The molecule has 0 spiro atoms. The van der Waals surface area contributed by atoms with Crippen molar-refractivity contribution in [1.29, 1.82) is 0 Å². The predicted molar refractivity (Wildman–Crippen MR) is 181 cm³/mol. The van der Waals surface area contributed by atoms with Gasteiger partial charge >= 0.3 is 0 Å². The minimum absolute atomic E-state index is 0.0160. The first-order valence-electron chi connectivity index (χ1n) is 14.7. The van der Waals surface area contributed by atoms with Gasteiger partial charge in [-0.3, -0.25) is 13.9 Å². The van der Waals surface area contributed by atoms with E-state index in [1.807, 2.05) is 51.1 Å². The quantitative estimate of drug-likeness (QED) is 0.166. The molecule has 0 aliphatic carbocycles. The Kier molecular flexibility index (Phi) is 11.7. The van der Waals surface area contributed by atoms with Gasteiger partial charge in [-0.05, 0) is 67.8 Å². The van der Waals surface area contributed by atoms with E-state index in [9.17, 15) is 18.0 Å². The van der Waals surface area contributed by atoms with E-state index in [2.05, 4.69) is 5.32 Å². The molecule has 4 rings (SSSR count). The van der Waals surface area contributed by atoms with Crippen LogP contribution in [0.25, 0.3) is 0 Å². The highest BCUT2D eigenvalue weighted by Gasteiger charge is 2.35. The second-order valence-electron chi connectivity index (χ2n) is 10.9. The van der Waals surface area contributed by atoms with Gasteiger partial charge < -0.3 is 10.2 Å². The summed E-state index contributed by atoms with van der Waals surface area (Å²) in [5.41, 5.74) is 2.58. The van der Waals surface area contributed by atoms with Gasteiger partial charge in [0.1, 0.15) is 12.6 Å². The van der Waals surface area contributed by atoms with E-state index in [0.717, 1.165) is 15.4 Å². The zero-order valence-corrected chi connectivity index (χ0v) is 27.8. The number of anilines is 1. The normalized spacial score (nSPS) is 12.6. The Morgan fingerprint density at radius 2 is 1.53 bits per heavy atom. The van der Waals surface area contributed by atoms with E-state index < -0.39 is 28.5 Å². The highest BCUT2D eigenvalue weighted by molar-refractivity contribution is 7.92.